The zero-order valence-electron chi connectivity index (χ0n) is 10.9. The summed E-state index contributed by atoms with van der Waals surface area (Å²) in [4.78, 5) is 10.7. The maximum absolute atomic E-state index is 11.0. The van der Waals surface area contributed by atoms with E-state index in [9.17, 15) is 10.1 Å². The van der Waals surface area contributed by atoms with Crippen molar-refractivity contribution in [3.8, 4) is 0 Å². The third-order valence-corrected chi connectivity index (χ3v) is 3.37. The number of likely N-dealkylation sites (N-methyl/N-ethyl adjacent to an activating group) is 1. The van der Waals surface area contributed by atoms with Crippen molar-refractivity contribution in [2.45, 2.75) is 32.7 Å². The minimum absolute atomic E-state index is 0.188. The number of hydrogen-bond donors (Lipinski definition) is 1. The molecule has 1 unspecified atom stereocenters. The predicted octanol–water partition coefficient (Wildman–Crippen LogP) is 3.53. The van der Waals surface area contributed by atoms with Gasteiger partial charge in [-0.15, -0.1) is 0 Å². The molecule has 1 rings (SSSR count). The van der Waals surface area contributed by atoms with Crippen LogP contribution in [0.5, 0.6) is 0 Å². The molecule has 0 radical (unpaired) electrons. The average Bonchev–Trinajstić information content (AvgIpc) is 2.29. The maximum Gasteiger partial charge on any atom is 0.273 e. The first-order valence-corrected chi connectivity index (χ1v) is 6.83. The van der Waals surface area contributed by atoms with E-state index >= 15 is 0 Å². The first-order chi connectivity index (χ1) is 8.43. The average molecular weight is 315 g/mol. The van der Waals surface area contributed by atoms with Gasteiger partial charge in [0.05, 0.1) is 4.92 Å². The van der Waals surface area contributed by atoms with E-state index in [2.05, 4.69) is 35.1 Å². The van der Waals surface area contributed by atoms with Gasteiger partial charge < -0.3 is 5.32 Å². The largest absolute Gasteiger partial charge is 0.317 e. The van der Waals surface area contributed by atoms with Crippen molar-refractivity contribution in [3.63, 3.8) is 0 Å². The van der Waals surface area contributed by atoms with Crippen molar-refractivity contribution in [3.05, 3.63) is 38.3 Å². The number of benzene rings is 1. The molecule has 0 aliphatic rings. The summed E-state index contributed by atoms with van der Waals surface area (Å²) in [5, 5.41) is 14.3. The highest BCUT2D eigenvalue weighted by molar-refractivity contribution is 9.10. The summed E-state index contributed by atoms with van der Waals surface area (Å²) in [6.07, 6.45) is 1.68. The summed E-state index contributed by atoms with van der Waals surface area (Å²) in [5.74, 6) is 0.567. The molecule has 0 saturated carbocycles. The first kappa shape index (κ1) is 15.1. The molecule has 18 heavy (non-hydrogen) atoms. The number of nitro benzene ring substituents is 1. The molecule has 5 heteroatoms. The van der Waals surface area contributed by atoms with Gasteiger partial charge in [-0.2, -0.15) is 0 Å². The predicted molar refractivity (Wildman–Crippen MR) is 76.8 cm³/mol. The second-order valence-corrected chi connectivity index (χ2v) is 5.77. The molecular weight excluding hydrogens is 296 g/mol. The normalized spacial score (nSPS) is 12.7. The van der Waals surface area contributed by atoms with Crippen molar-refractivity contribution < 1.29 is 4.92 Å². The third-order valence-electron chi connectivity index (χ3n) is 2.87. The second kappa shape index (κ2) is 6.85. The van der Waals surface area contributed by atoms with Crippen LogP contribution >= 0.6 is 15.9 Å². The van der Waals surface area contributed by atoms with E-state index in [1.807, 2.05) is 19.2 Å². The fourth-order valence-electron chi connectivity index (χ4n) is 2.02. The van der Waals surface area contributed by atoms with Crippen LogP contribution in [0.25, 0.3) is 0 Å². The highest BCUT2D eigenvalue weighted by Crippen LogP contribution is 2.25. The fourth-order valence-corrected chi connectivity index (χ4v) is 2.37. The van der Waals surface area contributed by atoms with Gasteiger partial charge in [0.1, 0.15) is 0 Å². The zero-order valence-corrected chi connectivity index (χ0v) is 12.5. The Kier molecular flexibility index (Phi) is 5.75. The molecular formula is C13H19BrN2O2. The zero-order chi connectivity index (χ0) is 13.7. The Bertz CT molecular complexity index is 421. The topological polar surface area (TPSA) is 55.2 Å². The number of rotatable bonds is 6. The van der Waals surface area contributed by atoms with E-state index in [0.717, 1.165) is 16.5 Å². The van der Waals surface area contributed by atoms with E-state index in [1.165, 1.54) is 0 Å². The van der Waals surface area contributed by atoms with Crippen LogP contribution in [0.15, 0.2) is 22.7 Å². The van der Waals surface area contributed by atoms with Crippen molar-refractivity contribution >= 4 is 21.6 Å². The van der Waals surface area contributed by atoms with Crippen LogP contribution in [0.1, 0.15) is 25.8 Å². The monoisotopic (exact) mass is 314 g/mol. The molecule has 1 N–H and O–H groups in total. The lowest BCUT2D eigenvalue weighted by atomic mass is 9.96. The Balaban J connectivity index is 2.91. The van der Waals surface area contributed by atoms with E-state index in [1.54, 1.807) is 6.07 Å². The Morgan fingerprint density at radius 1 is 1.44 bits per heavy atom. The first-order valence-electron chi connectivity index (χ1n) is 6.04. The van der Waals surface area contributed by atoms with E-state index in [0.29, 0.717) is 12.3 Å². The van der Waals surface area contributed by atoms with Gasteiger partial charge >= 0.3 is 0 Å². The van der Waals surface area contributed by atoms with Crippen LogP contribution in [0, 0.1) is 16.0 Å². The molecule has 0 aliphatic heterocycles. The molecule has 1 aromatic carbocycles. The molecule has 1 atom stereocenters. The number of hydrogen-bond acceptors (Lipinski definition) is 3. The standard InChI is InChI=1S/C13H19BrN2O2/c1-9(2)6-12(15-3)7-10-4-5-11(14)8-13(10)16(17)18/h4-5,8-9,12,15H,6-7H2,1-3H3. The molecule has 4 nitrogen and oxygen atoms in total. The lowest BCUT2D eigenvalue weighted by Crippen LogP contribution is -2.29. The summed E-state index contributed by atoms with van der Waals surface area (Å²) < 4.78 is 0.739. The number of halogens is 1. The van der Waals surface area contributed by atoms with E-state index in [4.69, 9.17) is 0 Å². The molecule has 0 saturated heterocycles. The van der Waals surface area contributed by atoms with Crippen LogP contribution in [0.3, 0.4) is 0 Å². The van der Waals surface area contributed by atoms with E-state index in [-0.39, 0.29) is 16.7 Å². The molecule has 1 aromatic rings. The van der Waals surface area contributed by atoms with Crippen LogP contribution in [-0.4, -0.2) is 18.0 Å². The van der Waals surface area contributed by atoms with Crippen LogP contribution < -0.4 is 5.32 Å². The van der Waals surface area contributed by atoms with Gasteiger partial charge in [-0.05, 0) is 31.9 Å². The Labute approximate surface area is 116 Å². The molecule has 0 aliphatic carbocycles. The lowest BCUT2D eigenvalue weighted by molar-refractivity contribution is -0.385. The SMILES string of the molecule is CNC(Cc1ccc(Br)cc1[N+](=O)[O-])CC(C)C. The Morgan fingerprint density at radius 3 is 2.61 bits per heavy atom. The molecule has 0 bridgehead atoms. The van der Waals surface area contributed by atoms with Crippen LogP contribution in [0.2, 0.25) is 0 Å². The minimum Gasteiger partial charge on any atom is -0.317 e. The summed E-state index contributed by atoms with van der Waals surface area (Å²) in [6, 6.07) is 5.51. The highest BCUT2D eigenvalue weighted by atomic mass is 79.9. The van der Waals surface area contributed by atoms with Gasteiger partial charge in [-0.25, -0.2) is 0 Å². The molecule has 0 heterocycles. The fraction of sp³-hybridized carbons (Fsp3) is 0.538. The van der Waals surface area contributed by atoms with Crippen LogP contribution in [0.4, 0.5) is 5.69 Å². The number of nitrogens with zero attached hydrogens (tertiary/aromatic N) is 1. The van der Waals surface area contributed by atoms with Crippen LogP contribution in [-0.2, 0) is 6.42 Å². The summed E-state index contributed by atoms with van der Waals surface area (Å²) in [7, 11) is 1.90. The summed E-state index contributed by atoms with van der Waals surface area (Å²) >= 11 is 3.27. The van der Waals surface area contributed by atoms with Crippen molar-refractivity contribution in [1.82, 2.24) is 5.32 Å². The van der Waals surface area contributed by atoms with Crippen molar-refractivity contribution in [2.24, 2.45) is 5.92 Å². The van der Waals surface area contributed by atoms with E-state index < -0.39 is 0 Å². The molecule has 0 fully saturated rings. The van der Waals surface area contributed by atoms with Gasteiger partial charge in [0.2, 0.25) is 0 Å². The quantitative estimate of drug-likeness (QED) is 0.645. The van der Waals surface area contributed by atoms with Gasteiger partial charge in [0, 0.05) is 22.1 Å². The molecule has 0 spiro atoms. The smallest absolute Gasteiger partial charge is 0.273 e. The Morgan fingerprint density at radius 2 is 2.11 bits per heavy atom. The summed E-state index contributed by atoms with van der Waals surface area (Å²) in [6.45, 7) is 4.31. The molecule has 100 valence electrons. The maximum atomic E-state index is 11.0. The van der Waals surface area contributed by atoms with Gasteiger partial charge in [-0.3, -0.25) is 10.1 Å². The van der Waals surface area contributed by atoms with Gasteiger partial charge in [-0.1, -0.05) is 35.8 Å². The number of nitro groups is 1. The van der Waals surface area contributed by atoms with Gasteiger partial charge in [0.15, 0.2) is 0 Å². The number of nitrogens with one attached hydrogen (secondary N) is 1. The lowest BCUT2D eigenvalue weighted by Gasteiger charge is -2.18. The molecule has 0 aromatic heterocycles. The van der Waals surface area contributed by atoms with Gasteiger partial charge in [0.25, 0.3) is 5.69 Å². The molecule has 0 amide bonds. The van der Waals surface area contributed by atoms with Crippen molar-refractivity contribution in [1.29, 1.82) is 0 Å². The third kappa shape index (κ3) is 4.38. The van der Waals surface area contributed by atoms with Crippen molar-refractivity contribution in [2.75, 3.05) is 7.05 Å². The second-order valence-electron chi connectivity index (χ2n) is 4.85. The summed E-state index contributed by atoms with van der Waals surface area (Å²) in [5.41, 5.74) is 0.969. The highest BCUT2D eigenvalue weighted by Gasteiger charge is 2.18. The Hall–Kier alpha value is -0.940. The minimum atomic E-state index is -0.317.